The Hall–Kier alpha value is -1.55. The van der Waals surface area contributed by atoms with E-state index in [4.69, 9.17) is 0 Å². The van der Waals surface area contributed by atoms with Crippen LogP contribution in [-0.2, 0) is 4.79 Å². The minimum atomic E-state index is 0.0290. The van der Waals surface area contributed by atoms with Gasteiger partial charge in [-0.1, -0.05) is 6.92 Å². The Morgan fingerprint density at radius 2 is 1.95 bits per heavy atom. The van der Waals surface area contributed by atoms with Gasteiger partial charge in [0.1, 0.15) is 5.75 Å². The van der Waals surface area contributed by atoms with E-state index in [9.17, 15) is 9.90 Å². The first-order valence-electron chi connectivity index (χ1n) is 8.32. The van der Waals surface area contributed by atoms with Crippen LogP contribution in [-0.4, -0.2) is 41.7 Å². The molecule has 1 aromatic rings. The van der Waals surface area contributed by atoms with Crippen molar-refractivity contribution in [1.82, 2.24) is 0 Å². The quantitative estimate of drug-likeness (QED) is 0.662. The molecule has 0 bridgehead atoms. The van der Waals surface area contributed by atoms with E-state index < -0.39 is 0 Å². The third-order valence-electron chi connectivity index (χ3n) is 4.95. The van der Waals surface area contributed by atoms with Crippen molar-refractivity contribution < 1.29 is 14.4 Å². The Kier molecular flexibility index (Phi) is 5.12. The number of hydrogen-bond donors (Lipinski definition) is 2. The normalized spacial score (nSPS) is 25.0. The highest BCUT2D eigenvalue weighted by atomic mass is 16.3. The van der Waals surface area contributed by atoms with Gasteiger partial charge in [0.2, 0.25) is 0 Å². The van der Waals surface area contributed by atoms with Gasteiger partial charge in [-0.05, 0) is 56.4 Å². The molecule has 0 radical (unpaired) electrons. The van der Waals surface area contributed by atoms with E-state index in [1.807, 2.05) is 13.8 Å². The van der Waals surface area contributed by atoms with E-state index in [1.165, 1.54) is 6.42 Å². The molecule has 0 spiro atoms. The molecule has 2 N–H and O–H groups in total. The number of likely N-dealkylation sites (tertiary alicyclic amines) is 1. The number of carbonyl (C=O) groups excluding carboxylic acids is 1. The Balaban J connectivity index is 2.21. The maximum atomic E-state index is 12.9. The highest BCUT2D eigenvalue weighted by Gasteiger charge is 2.40. The van der Waals surface area contributed by atoms with Crippen LogP contribution in [0.2, 0.25) is 0 Å². The SMILES string of the molecule is CCC[N+]1(C)CCCCC1C(=O)Nc1c(C)cc(O)cc1C. The summed E-state index contributed by atoms with van der Waals surface area (Å²) in [7, 11) is 2.21. The second-order valence-corrected chi connectivity index (χ2v) is 6.88. The highest BCUT2D eigenvalue weighted by molar-refractivity contribution is 5.95. The van der Waals surface area contributed by atoms with Crippen molar-refractivity contribution in [3.05, 3.63) is 23.3 Å². The zero-order chi connectivity index (χ0) is 16.3. The van der Waals surface area contributed by atoms with Gasteiger partial charge in [-0.15, -0.1) is 0 Å². The molecule has 2 unspecified atom stereocenters. The summed E-state index contributed by atoms with van der Waals surface area (Å²) in [6.07, 6.45) is 4.39. The lowest BCUT2D eigenvalue weighted by Crippen LogP contribution is -2.60. The molecule has 4 nitrogen and oxygen atoms in total. The summed E-state index contributed by atoms with van der Waals surface area (Å²) in [5.41, 5.74) is 2.66. The molecule has 122 valence electrons. The van der Waals surface area contributed by atoms with Crippen molar-refractivity contribution >= 4 is 11.6 Å². The fourth-order valence-corrected chi connectivity index (χ4v) is 3.82. The van der Waals surface area contributed by atoms with Crippen LogP contribution in [0.1, 0.15) is 43.7 Å². The second-order valence-electron chi connectivity index (χ2n) is 6.88. The van der Waals surface area contributed by atoms with Crippen LogP contribution < -0.4 is 5.32 Å². The zero-order valence-corrected chi connectivity index (χ0v) is 14.3. The first kappa shape index (κ1) is 16.8. The molecular weight excluding hydrogens is 276 g/mol. The average molecular weight is 305 g/mol. The number of nitrogens with one attached hydrogen (secondary N) is 1. The summed E-state index contributed by atoms with van der Waals surface area (Å²) in [5.74, 6) is 0.366. The summed E-state index contributed by atoms with van der Waals surface area (Å²) in [6, 6.07) is 3.42. The van der Waals surface area contributed by atoms with E-state index in [1.54, 1.807) is 12.1 Å². The molecule has 1 aliphatic heterocycles. The van der Waals surface area contributed by atoms with Crippen LogP contribution in [0, 0.1) is 13.8 Å². The Bertz CT molecular complexity index is 529. The van der Waals surface area contributed by atoms with Crippen LogP contribution in [0.25, 0.3) is 0 Å². The topological polar surface area (TPSA) is 49.3 Å². The number of carbonyl (C=O) groups is 1. The molecule has 1 saturated heterocycles. The molecule has 2 rings (SSSR count). The number of nitrogens with zero attached hydrogens (tertiary/aromatic N) is 1. The van der Waals surface area contributed by atoms with Crippen molar-refractivity contribution in [2.75, 3.05) is 25.5 Å². The number of rotatable bonds is 4. The van der Waals surface area contributed by atoms with Crippen molar-refractivity contribution in [3.63, 3.8) is 0 Å². The molecule has 1 aliphatic rings. The van der Waals surface area contributed by atoms with Gasteiger partial charge in [0.25, 0.3) is 5.91 Å². The van der Waals surface area contributed by atoms with Crippen molar-refractivity contribution in [1.29, 1.82) is 0 Å². The van der Waals surface area contributed by atoms with Gasteiger partial charge in [0, 0.05) is 12.1 Å². The number of amides is 1. The Morgan fingerprint density at radius 3 is 2.55 bits per heavy atom. The number of phenols is 1. The number of aryl methyl sites for hydroxylation is 2. The molecule has 1 heterocycles. The van der Waals surface area contributed by atoms with Crippen molar-refractivity contribution in [3.8, 4) is 5.75 Å². The minimum Gasteiger partial charge on any atom is -0.508 e. The predicted octanol–water partition coefficient (Wildman–Crippen LogP) is 3.36. The third-order valence-corrected chi connectivity index (χ3v) is 4.95. The smallest absolute Gasteiger partial charge is 0.282 e. The van der Waals surface area contributed by atoms with Crippen LogP contribution in [0.5, 0.6) is 5.75 Å². The van der Waals surface area contributed by atoms with Gasteiger partial charge < -0.3 is 14.9 Å². The average Bonchev–Trinajstić information content (AvgIpc) is 2.43. The van der Waals surface area contributed by atoms with Gasteiger partial charge in [-0.2, -0.15) is 0 Å². The Morgan fingerprint density at radius 1 is 1.32 bits per heavy atom. The summed E-state index contributed by atoms with van der Waals surface area (Å²) in [4.78, 5) is 12.9. The zero-order valence-electron chi connectivity index (χ0n) is 14.3. The third kappa shape index (κ3) is 3.43. The molecular formula is C18H29N2O2+. The van der Waals surface area contributed by atoms with Gasteiger partial charge in [0.05, 0.1) is 20.1 Å². The second kappa shape index (κ2) is 6.69. The molecule has 1 aromatic carbocycles. The molecule has 4 heteroatoms. The van der Waals surface area contributed by atoms with Crippen LogP contribution in [0.3, 0.4) is 0 Å². The Labute approximate surface area is 133 Å². The van der Waals surface area contributed by atoms with Crippen LogP contribution >= 0.6 is 0 Å². The van der Waals surface area contributed by atoms with Gasteiger partial charge >= 0.3 is 0 Å². The van der Waals surface area contributed by atoms with E-state index in [0.29, 0.717) is 0 Å². The van der Waals surface area contributed by atoms with Crippen LogP contribution in [0.15, 0.2) is 12.1 Å². The number of quaternary nitrogens is 1. The molecule has 0 aliphatic carbocycles. The number of piperidine rings is 1. The lowest BCUT2D eigenvalue weighted by Gasteiger charge is -2.43. The maximum absolute atomic E-state index is 12.9. The lowest BCUT2D eigenvalue weighted by atomic mass is 9.97. The summed E-state index contributed by atoms with van der Waals surface area (Å²) in [5, 5.41) is 12.8. The first-order chi connectivity index (χ1) is 10.4. The van der Waals surface area contributed by atoms with E-state index in [2.05, 4.69) is 19.3 Å². The molecule has 2 atom stereocenters. The summed E-state index contributed by atoms with van der Waals surface area (Å²) < 4.78 is 0.846. The summed E-state index contributed by atoms with van der Waals surface area (Å²) >= 11 is 0. The predicted molar refractivity (Wildman–Crippen MR) is 90.1 cm³/mol. The van der Waals surface area contributed by atoms with Crippen molar-refractivity contribution in [2.45, 2.75) is 52.5 Å². The number of benzene rings is 1. The van der Waals surface area contributed by atoms with E-state index >= 15 is 0 Å². The van der Waals surface area contributed by atoms with Gasteiger partial charge in [0.15, 0.2) is 6.04 Å². The number of phenolic OH excluding ortho intramolecular Hbond substituents is 1. The maximum Gasteiger partial charge on any atom is 0.282 e. The first-order valence-corrected chi connectivity index (χ1v) is 8.32. The fraction of sp³-hybridized carbons (Fsp3) is 0.611. The number of hydrogen-bond acceptors (Lipinski definition) is 2. The van der Waals surface area contributed by atoms with Gasteiger partial charge in [-0.3, -0.25) is 4.79 Å². The largest absolute Gasteiger partial charge is 0.508 e. The number of aromatic hydroxyl groups is 1. The fourth-order valence-electron chi connectivity index (χ4n) is 3.82. The summed E-state index contributed by atoms with van der Waals surface area (Å²) in [6.45, 7) is 8.15. The number of anilines is 1. The standard InChI is InChI=1S/C18H28N2O2/c1-5-9-20(4)10-7-6-8-16(20)18(22)19-17-13(2)11-15(21)12-14(17)3/h11-12,16H,5-10H2,1-4H3,(H-,19,21,22)/p+1. The molecule has 0 saturated carbocycles. The lowest BCUT2D eigenvalue weighted by molar-refractivity contribution is -0.929. The highest BCUT2D eigenvalue weighted by Crippen LogP contribution is 2.29. The van der Waals surface area contributed by atoms with Crippen molar-refractivity contribution in [2.24, 2.45) is 0 Å². The minimum absolute atomic E-state index is 0.0290. The monoisotopic (exact) mass is 305 g/mol. The van der Waals surface area contributed by atoms with Crippen LogP contribution in [0.4, 0.5) is 5.69 Å². The molecule has 22 heavy (non-hydrogen) atoms. The van der Waals surface area contributed by atoms with Gasteiger partial charge in [-0.25, -0.2) is 0 Å². The van der Waals surface area contributed by atoms with E-state index in [-0.39, 0.29) is 17.7 Å². The number of likely N-dealkylation sites (N-methyl/N-ethyl adjacent to an activating group) is 1. The molecule has 1 amide bonds. The van der Waals surface area contributed by atoms with E-state index in [0.717, 1.165) is 53.6 Å². The molecule has 1 fully saturated rings. The molecule has 0 aromatic heterocycles.